The van der Waals surface area contributed by atoms with Crippen LogP contribution in [0, 0.1) is 17.1 Å². The van der Waals surface area contributed by atoms with Crippen LogP contribution in [0.25, 0.3) is 0 Å². The van der Waals surface area contributed by atoms with Gasteiger partial charge in [0.25, 0.3) is 0 Å². The van der Waals surface area contributed by atoms with Crippen molar-refractivity contribution in [3.8, 4) is 6.07 Å². The Bertz CT molecular complexity index is 737. The van der Waals surface area contributed by atoms with Crippen LogP contribution >= 0.6 is 0 Å². The van der Waals surface area contributed by atoms with Gasteiger partial charge >= 0.3 is 5.97 Å². The van der Waals surface area contributed by atoms with E-state index in [1.165, 1.54) is 12.1 Å². The average molecular weight is 353 g/mol. The van der Waals surface area contributed by atoms with E-state index in [1.807, 2.05) is 30.3 Å². The minimum atomic E-state index is -0.821. The summed E-state index contributed by atoms with van der Waals surface area (Å²) in [4.78, 5) is 11.4. The molecule has 0 aliphatic carbocycles. The second-order valence-electron chi connectivity index (χ2n) is 6.26. The van der Waals surface area contributed by atoms with Crippen LogP contribution in [0.5, 0.6) is 0 Å². The molecule has 0 amide bonds. The fourth-order valence-corrected chi connectivity index (χ4v) is 3.17. The van der Waals surface area contributed by atoms with E-state index in [4.69, 9.17) is 4.74 Å². The number of halogens is 1. The molecule has 0 aromatic heterocycles. The van der Waals surface area contributed by atoms with Gasteiger partial charge in [-0.2, -0.15) is 5.26 Å². The molecule has 4 heteroatoms. The van der Waals surface area contributed by atoms with E-state index in [9.17, 15) is 14.4 Å². The first kappa shape index (κ1) is 19.7. The van der Waals surface area contributed by atoms with Gasteiger partial charge in [0.15, 0.2) is 0 Å². The SMILES string of the molecule is CCOC(=O)CCCCCC(C#N)(c1ccccc1)c1ccc(F)cc1. The van der Waals surface area contributed by atoms with Gasteiger partial charge in [0, 0.05) is 6.42 Å². The van der Waals surface area contributed by atoms with Gasteiger partial charge in [-0.3, -0.25) is 4.79 Å². The molecule has 0 aliphatic rings. The molecule has 2 aromatic carbocycles. The minimum absolute atomic E-state index is 0.180. The number of esters is 1. The average Bonchev–Trinajstić information content (AvgIpc) is 2.67. The number of ether oxygens (including phenoxy) is 1. The topological polar surface area (TPSA) is 50.1 Å². The van der Waals surface area contributed by atoms with E-state index in [2.05, 4.69) is 6.07 Å². The van der Waals surface area contributed by atoms with Gasteiger partial charge in [0.1, 0.15) is 11.2 Å². The zero-order valence-corrected chi connectivity index (χ0v) is 15.1. The first-order chi connectivity index (χ1) is 12.6. The van der Waals surface area contributed by atoms with Crippen LogP contribution in [-0.2, 0) is 14.9 Å². The minimum Gasteiger partial charge on any atom is -0.466 e. The summed E-state index contributed by atoms with van der Waals surface area (Å²) in [6, 6.07) is 18.2. The van der Waals surface area contributed by atoms with Crippen molar-refractivity contribution in [2.75, 3.05) is 6.61 Å². The van der Waals surface area contributed by atoms with Gasteiger partial charge in [-0.1, -0.05) is 55.3 Å². The Hall–Kier alpha value is -2.67. The number of hydrogen-bond donors (Lipinski definition) is 0. The second-order valence-corrected chi connectivity index (χ2v) is 6.26. The zero-order valence-electron chi connectivity index (χ0n) is 15.1. The Morgan fingerprint density at radius 1 is 1.04 bits per heavy atom. The predicted molar refractivity (Wildman–Crippen MR) is 99.0 cm³/mol. The number of nitrogens with zero attached hydrogens (tertiary/aromatic N) is 1. The molecule has 136 valence electrons. The zero-order chi connectivity index (χ0) is 18.8. The second kappa shape index (κ2) is 9.72. The van der Waals surface area contributed by atoms with Crippen molar-refractivity contribution in [2.24, 2.45) is 0 Å². The van der Waals surface area contributed by atoms with Gasteiger partial charge < -0.3 is 4.74 Å². The van der Waals surface area contributed by atoms with Gasteiger partial charge in [0.05, 0.1) is 12.7 Å². The maximum absolute atomic E-state index is 13.3. The monoisotopic (exact) mass is 353 g/mol. The van der Waals surface area contributed by atoms with Gasteiger partial charge in [-0.25, -0.2) is 4.39 Å². The van der Waals surface area contributed by atoms with Crippen LogP contribution in [0.2, 0.25) is 0 Å². The normalized spacial score (nSPS) is 12.8. The number of carbonyl (C=O) groups is 1. The Labute approximate surface area is 154 Å². The highest BCUT2D eigenvalue weighted by Crippen LogP contribution is 2.37. The van der Waals surface area contributed by atoms with Gasteiger partial charge in [-0.15, -0.1) is 0 Å². The molecule has 0 bridgehead atoms. The summed E-state index contributed by atoms with van der Waals surface area (Å²) < 4.78 is 18.3. The first-order valence-electron chi connectivity index (χ1n) is 9.01. The number of hydrogen-bond acceptors (Lipinski definition) is 3. The van der Waals surface area contributed by atoms with Crippen molar-refractivity contribution in [1.82, 2.24) is 0 Å². The van der Waals surface area contributed by atoms with Crippen LogP contribution in [0.4, 0.5) is 4.39 Å². The van der Waals surface area contributed by atoms with Crippen molar-refractivity contribution in [2.45, 2.75) is 44.4 Å². The van der Waals surface area contributed by atoms with Crippen molar-refractivity contribution < 1.29 is 13.9 Å². The van der Waals surface area contributed by atoms with Crippen LogP contribution in [0.1, 0.15) is 50.2 Å². The Morgan fingerprint density at radius 3 is 2.31 bits per heavy atom. The molecular weight excluding hydrogens is 329 g/mol. The molecule has 0 aliphatic heterocycles. The highest BCUT2D eigenvalue weighted by atomic mass is 19.1. The molecule has 2 aromatic rings. The molecule has 2 rings (SSSR count). The van der Waals surface area contributed by atoms with Crippen molar-refractivity contribution >= 4 is 5.97 Å². The Morgan fingerprint density at radius 2 is 1.69 bits per heavy atom. The summed E-state index contributed by atoms with van der Waals surface area (Å²) in [5.41, 5.74) is 0.872. The lowest BCUT2D eigenvalue weighted by Crippen LogP contribution is -2.26. The van der Waals surface area contributed by atoms with Crippen LogP contribution in [-0.4, -0.2) is 12.6 Å². The van der Waals surface area contributed by atoms with Crippen LogP contribution in [0.3, 0.4) is 0 Å². The van der Waals surface area contributed by atoms with E-state index in [1.54, 1.807) is 19.1 Å². The maximum atomic E-state index is 13.3. The van der Waals surface area contributed by atoms with E-state index >= 15 is 0 Å². The highest BCUT2D eigenvalue weighted by Gasteiger charge is 2.33. The van der Waals surface area contributed by atoms with Crippen LogP contribution in [0.15, 0.2) is 54.6 Å². The lowest BCUT2D eigenvalue weighted by Gasteiger charge is -2.28. The molecule has 0 saturated carbocycles. The fourth-order valence-electron chi connectivity index (χ4n) is 3.17. The smallest absolute Gasteiger partial charge is 0.305 e. The molecular formula is C22H24FNO2. The molecule has 0 spiro atoms. The molecule has 0 heterocycles. The van der Waals surface area contributed by atoms with Gasteiger partial charge in [0.2, 0.25) is 0 Å². The summed E-state index contributed by atoms with van der Waals surface area (Å²) in [7, 11) is 0. The van der Waals surface area contributed by atoms with Gasteiger partial charge in [-0.05, 0) is 43.0 Å². The molecule has 0 fully saturated rings. The van der Waals surface area contributed by atoms with E-state index in [0.29, 0.717) is 19.4 Å². The lowest BCUT2D eigenvalue weighted by molar-refractivity contribution is -0.143. The molecule has 0 saturated heterocycles. The maximum Gasteiger partial charge on any atom is 0.305 e. The lowest BCUT2D eigenvalue weighted by atomic mass is 9.72. The standard InChI is InChI=1S/C22H24FNO2/c1-2-26-21(25)11-7-4-8-16-22(17-24,18-9-5-3-6-10-18)19-12-14-20(23)15-13-19/h3,5-6,9-10,12-15H,2,4,7-8,11,16H2,1H3. The molecule has 0 radical (unpaired) electrons. The van der Waals surface area contributed by atoms with Crippen molar-refractivity contribution in [3.63, 3.8) is 0 Å². The molecule has 3 nitrogen and oxygen atoms in total. The highest BCUT2D eigenvalue weighted by molar-refractivity contribution is 5.69. The first-order valence-corrected chi connectivity index (χ1v) is 9.01. The number of benzene rings is 2. The number of nitriles is 1. The molecule has 1 atom stereocenters. The summed E-state index contributed by atoms with van der Waals surface area (Å²) in [5.74, 6) is -0.497. The van der Waals surface area contributed by atoms with Crippen molar-refractivity contribution in [3.05, 3.63) is 71.5 Å². The number of unbranched alkanes of at least 4 members (excludes halogenated alkanes) is 2. The summed E-state index contributed by atoms with van der Waals surface area (Å²) in [6.45, 7) is 2.19. The fraction of sp³-hybridized carbons (Fsp3) is 0.364. The summed E-state index contributed by atoms with van der Waals surface area (Å²) >= 11 is 0. The largest absolute Gasteiger partial charge is 0.466 e. The number of carbonyl (C=O) groups excluding carboxylic acids is 1. The van der Waals surface area contributed by atoms with Crippen molar-refractivity contribution in [1.29, 1.82) is 5.26 Å². The predicted octanol–water partition coefficient (Wildman–Crippen LogP) is 5.15. The van der Waals surface area contributed by atoms with Crippen LogP contribution < -0.4 is 0 Å². The quantitative estimate of drug-likeness (QED) is 0.463. The molecule has 0 N–H and O–H groups in total. The molecule has 1 unspecified atom stereocenters. The number of rotatable bonds is 9. The Balaban J connectivity index is 2.13. The van der Waals surface area contributed by atoms with E-state index in [0.717, 1.165) is 30.4 Å². The third-order valence-electron chi connectivity index (χ3n) is 4.53. The third kappa shape index (κ3) is 4.92. The Kier molecular flexibility index (Phi) is 7.35. The van der Waals surface area contributed by atoms with E-state index < -0.39 is 5.41 Å². The van der Waals surface area contributed by atoms with E-state index in [-0.39, 0.29) is 11.8 Å². The summed E-state index contributed by atoms with van der Waals surface area (Å²) in [5, 5.41) is 10.0. The molecule has 26 heavy (non-hydrogen) atoms. The summed E-state index contributed by atoms with van der Waals surface area (Å²) in [6.07, 6.45) is 3.37. The third-order valence-corrected chi connectivity index (χ3v) is 4.53.